The van der Waals surface area contributed by atoms with E-state index in [1.165, 1.54) is 0 Å². The Hall–Kier alpha value is 1.62. The Balaban J connectivity index is -0.00000000750. The van der Waals surface area contributed by atoms with Crippen LogP contribution in [-0.2, 0) is 21.5 Å². The van der Waals surface area contributed by atoms with Crippen molar-refractivity contribution in [1.29, 1.82) is 0 Å². The van der Waals surface area contributed by atoms with E-state index in [9.17, 15) is 0 Å². The van der Waals surface area contributed by atoms with Gasteiger partial charge in [-0.05, 0) is 0 Å². The average molecular weight is 224 g/mol. The average Bonchev–Trinajstić information content (AvgIpc) is 0.811. The van der Waals surface area contributed by atoms with Crippen LogP contribution >= 0.6 is 0 Å². The van der Waals surface area contributed by atoms with Crippen molar-refractivity contribution in [2.24, 2.45) is 0 Å². The Morgan fingerprint density at radius 1 is 1.50 bits per heavy atom. The van der Waals surface area contributed by atoms with E-state index >= 15 is 0 Å². The van der Waals surface area contributed by atoms with Crippen LogP contribution in [0.1, 0.15) is 2.85 Å². The molecule has 0 amide bonds. The summed E-state index contributed by atoms with van der Waals surface area (Å²) in [5.41, 5.74) is 0. The topological polar surface area (TPSA) is 57.5 Å². The molecule has 0 aliphatic rings. The van der Waals surface area contributed by atoms with Gasteiger partial charge in [0.1, 0.15) is 0 Å². The molecular formula is H4FeO3SiSr. The molecule has 0 heterocycles. The summed E-state index contributed by atoms with van der Waals surface area (Å²) in [6, 6.07) is 0. The quantitative estimate of drug-likeness (QED) is 0.478. The predicted octanol–water partition coefficient (Wildman–Crippen LogP) is -1.77. The fourth-order valence-electron chi connectivity index (χ4n) is 0. The van der Waals surface area contributed by atoms with Gasteiger partial charge in [0.25, 0.3) is 0 Å². The molecule has 0 saturated heterocycles. The minimum absolute atomic E-state index is 0. The smallest absolute Gasteiger partial charge is 1.00 e. The SMILES string of the molecule is O=[Si](O)O.[Fe].[H-].[H-].[Sr+2]. The van der Waals surface area contributed by atoms with Gasteiger partial charge in [0.05, 0.1) is 0 Å². The molecule has 0 unspecified atom stereocenters. The summed E-state index contributed by atoms with van der Waals surface area (Å²) < 4.78 is 8.74. The molecule has 6 heavy (non-hydrogen) atoms. The standard InChI is InChI=1S/Fe.H2O3Si.Sr.2H/c;1-4(2)3;;;/h;1-2H;;;/q;;+2;2*-1. The molecule has 0 saturated carbocycles. The summed E-state index contributed by atoms with van der Waals surface area (Å²) in [7, 11) is -3.13. The first-order valence-corrected chi connectivity index (χ1v) is 1.95. The second kappa shape index (κ2) is 9.79. The van der Waals surface area contributed by atoms with E-state index in [-0.39, 0.29) is 65.4 Å². The van der Waals surface area contributed by atoms with Crippen LogP contribution in [0.4, 0.5) is 0 Å². The first-order valence-electron chi connectivity index (χ1n) is 0.651. The van der Waals surface area contributed by atoms with Gasteiger partial charge in [0, 0.05) is 17.1 Å². The Morgan fingerprint density at radius 3 is 1.50 bits per heavy atom. The summed E-state index contributed by atoms with van der Waals surface area (Å²) in [6.07, 6.45) is 0. The van der Waals surface area contributed by atoms with Gasteiger partial charge in [-0.2, -0.15) is 0 Å². The fourth-order valence-corrected chi connectivity index (χ4v) is 0. The van der Waals surface area contributed by atoms with Gasteiger partial charge in [0.15, 0.2) is 0 Å². The molecule has 0 aliphatic heterocycles. The third-order valence-corrected chi connectivity index (χ3v) is 0. The van der Waals surface area contributed by atoms with Crippen LogP contribution in [0.15, 0.2) is 0 Å². The number of hydrogen-bond donors (Lipinski definition) is 2. The maximum absolute atomic E-state index is 8.74. The largest absolute Gasteiger partial charge is 2.00 e. The van der Waals surface area contributed by atoms with Gasteiger partial charge in [0.2, 0.25) is 0 Å². The first-order chi connectivity index (χ1) is 1.73. The monoisotopic (exact) mass is 224 g/mol. The Morgan fingerprint density at radius 2 is 1.50 bits per heavy atom. The van der Waals surface area contributed by atoms with Crippen LogP contribution in [0.3, 0.4) is 0 Å². The maximum Gasteiger partial charge on any atom is 2.00 e. The van der Waals surface area contributed by atoms with Crippen molar-refractivity contribution in [3.63, 3.8) is 0 Å². The molecule has 0 atom stereocenters. The molecule has 6 heteroatoms. The van der Waals surface area contributed by atoms with Crippen molar-refractivity contribution in [3.8, 4) is 0 Å². The van der Waals surface area contributed by atoms with Crippen molar-refractivity contribution in [3.05, 3.63) is 0 Å². The first kappa shape index (κ1) is 15.6. The van der Waals surface area contributed by atoms with Crippen LogP contribution in [0.25, 0.3) is 0 Å². The van der Waals surface area contributed by atoms with Crippen molar-refractivity contribution < 1.29 is 34.0 Å². The van der Waals surface area contributed by atoms with E-state index in [0.29, 0.717) is 0 Å². The van der Waals surface area contributed by atoms with E-state index in [2.05, 4.69) is 0 Å². The van der Waals surface area contributed by atoms with E-state index in [1.54, 1.807) is 0 Å². The summed E-state index contributed by atoms with van der Waals surface area (Å²) in [5, 5.41) is 0. The molecule has 0 aromatic heterocycles. The summed E-state index contributed by atoms with van der Waals surface area (Å²) in [4.78, 5) is 14.3. The van der Waals surface area contributed by atoms with E-state index in [0.717, 1.165) is 0 Å². The Kier molecular flexibility index (Phi) is 25.5. The van der Waals surface area contributed by atoms with Crippen LogP contribution in [-0.4, -0.2) is 64.2 Å². The van der Waals surface area contributed by atoms with Gasteiger partial charge in [-0.1, -0.05) is 0 Å². The van der Waals surface area contributed by atoms with Crippen molar-refractivity contribution in [2.45, 2.75) is 0 Å². The van der Waals surface area contributed by atoms with Gasteiger partial charge >= 0.3 is 54.7 Å². The molecule has 0 aromatic carbocycles. The molecule has 0 radical (unpaired) electrons. The van der Waals surface area contributed by atoms with E-state index in [1.807, 2.05) is 0 Å². The molecule has 0 aromatic rings. The second-order valence-corrected chi connectivity index (χ2v) is 0.848. The molecule has 3 nitrogen and oxygen atoms in total. The van der Waals surface area contributed by atoms with E-state index < -0.39 is 9.17 Å². The molecule has 0 aliphatic carbocycles. The second-order valence-electron chi connectivity index (χ2n) is 0.283. The van der Waals surface area contributed by atoms with E-state index in [4.69, 9.17) is 14.1 Å². The molecule has 36 valence electrons. The van der Waals surface area contributed by atoms with Crippen molar-refractivity contribution in [1.82, 2.24) is 0 Å². The van der Waals surface area contributed by atoms with Crippen LogP contribution in [0.5, 0.6) is 0 Å². The minimum atomic E-state index is -3.13. The molecule has 0 spiro atoms. The zero-order valence-corrected chi connectivity index (χ0v) is 8.44. The maximum atomic E-state index is 8.74. The fraction of sp³-hybridized carbons (Fsp3) is 0. The van der Waals surface area contributed by atoms with Crippen LogP contribution in [0.2, 0.25) is 0 Å². The zero-order chi connectivity index (χ0) is 3.58. The molecule has 0 fully saturated rings. The third kappa shape index (κ3) is 45.8. The van der Waals surface area contributed by atoms with Gasteiger partial charge in [-0.25, -0.2) is 0 Å². The van der Waals surface area contributed by atoms with Crippen molar-refractivity contribution in [2.75, 3.05) is 0 Å². The number of hydrogen-bond acceptors (Lipinski definition) is 1. The Bertz CT molecular complexity index is 40.3. The van der Waals surface area contributed by atoms with Gasteiger partial charge < -0.3 is 12.4 Å². The molecule has 0 rings (SSSR count). The summed E-state index contributed by atoms with van der Waals surface area (Å²) in [6.45, 7) is 0. The van der Waals surface area contributed by atoms with Crippen LogP contribution < -0.4 is 0 Å². The van der Waals surface area contributed by atoms with Crippen molar-refractivity contribution >= 4 is 54.7 Å². The van der Waals surface area contributed by atoms with Gasteiger partial charge in [-0.3, -0.25) is 4.46 Å². The molecular weight excluding hydrogens is 220 g/mol. The normalized spacial score (nSPS) is 4.00. The van der Waals surface area contributed by atoms with Gasteiger partial charge in [-0.15, -0.1) is 0 Å². The molecule has 0 bridgehead atoms. The minimum Gasteiger partial charge on any atom is -1.00 e. The third-order valence-electron chi connectivity index (χ3n) is 0. The summed E-state index contributed by atoms with van der Waals surface area (Å²) in [5.74, 6) is 0. The Labute approximate surface area is 87.4 Å². The number of rotatable bonds is 0. The zero-order valence-electron chi connectivity index (χ0n) is 4.86. The van der Waals surface area contributed by atoms with Crippen LogP contribution in [0, 0.1) is 0 Å². The summed E-state index contributed by atoms with van der Waals surface area (Å²) >= 11 is 0. The predicted molar refractivity (Wildman–Crippen MR) is 18.9 cm³/mol. The molecule has 2 N–H and O–H groups in total.